The molecule has 0 fully saturated rings. The largest absolute Gasteiger partial charge is 0.377 e. The van der Waals surface area contributed by atoms with Gasteiger partial charge in [-0.15, -0.1) is 0 Å². The molecule has 0 aromatic heterocycles. The van der Waals surface area contributed by atoms with Crippen molar-refractivity contribution in [3.63, 3.8) is 0 Å². The van der Waals surface area contributed by atoms with Crippen molar-refractivity contribution in [1.29, 1.82) is 0 Å². The van der Waals surface area contributed by atoms with Crippen LogP contribution in [0.4, 0.5) is 0 Å². The summed E-state index contributed by atoms with van der Waals surface area (Å²) in [5.41, 5.74) is 2.77. The highest BCUT2D eigenvalue weighted by molar-refractivity contribution is 7.79. The third-order valence-electron chi connectivity index (χ3n) is 6.36. The van der Waals surface area contributed by atoms with Crippen LogP contribution in [0.3, 0.4) is 0 Å². The van der Waals surface area contributed by atoms with Crippen LogP contribution < -0.4 is 15.9 Å². The van der Waals surface area contributed by atoms with E-state index in [1.807, 2.05) is 6.07 Å². The van der Waals surface area contributed by atoms with Gasteiger partial charge >= 0.3 is 0 Å². The van der Waals surface area contributed by atoms with Gasteiger partial charge in [0.15, 0.2) is 0 Å². The monoisotopic (exact) mass is 480 g/mol. The van der Waals surface area contributed by atoms with Gasteiger partial charge < -0.3 is 4.74 Å². The van der Waals surface area contributed by atoms with E-state index in [9.17, 15) is 0 Å². The lowest BCUT2D eigenvalue weighted by atomic mass is 10.0. The van der Waals surface area contributed by atoms with E-state index in [1.54, 1.807) is 0 Å². The Hall–Kier alpha value is -2.73. The third-order valence-corrected chi connectivity index (χ3v) is 8.90. The second-order valence-corrected chi connectivity index (χ2v) is 11.2. The zero-order valence-electron chi connectivity index (χ0n) is 20.7. The van der Waals surface area contributed by atoms with Crippen molar-refractivity contribution in [3.8, 4) is 0 Å². The van der Waals surface area contributed by atoms with Crippen LogP contribution in [0.1, 0.15) is 49.7 Å². The molecule has 0 aliphatic rings. The Kier molecular flexibility index (Phi) is 10.6. The molecule has 0 spiro atoms. The molecule has 0 radical (unpaired) electrons. The maximum Gasteiger partial charge on any atom is 0.0716 e. The molecule has 4 aromatic rings. The SMILES string of the molecule is c1ccc(COCCCCCCCCc2ccccc2P(c2ccccc2)c2ccccc2)cc1. The summed E-state index contributed by atoms with van der Waals surface area (Å²) in [4.78, 5) is 0. The average Bonchev–Trinajstić information content (AvgIpc) is 2.92. The van der Waals surface area contributed by atoms with E-state index in [-0.39, 0.29) is 0 Å². The molecule has 0 atom stereocenters. The predicted molar refractivity (Wildman–Crippen MR) is 153 cm³/mol. The van der Waals surface area contributed by atoms with Gasteiger partial charge in [-0.05, 0) is 54.2 Å². The van der Waals surface area contributed by atoms with Gasteiger partial charge in [0.05, 0.1) is 6.61 Å². The first kappa shape index (κ1) is 25.4. The predicted octanol–water partition coefficient (Wildman–Crippen LogP) is 7.54. The number of unbranched alkanes of at least 4 members (excludes halogenated alkanes) is 5. The van der Waals surface area contributed by atoms with Crippen LogP contribution in [0.2, 0.25) is 0 Å². The van der Waals surface area contributed by atoms with E-state index in [0.717, 1.165) is 26.1 Å². The van der Waals surface area contributed by atoms with Crippen LogP contribution in [-0.4, -0.2) is 6.61 Å². The van der Waals surface area contributed by atoms with Crippen LogP contribution >= 0.6 is 7.92 Å². The van der Waals surface area contributed by atoms with Gasteiger partial charge in [0.2, 0.25) is 0 Å². The second kappa shape index (κ2) is 14.6. The van der Waals surface area contributed by atoms with E-state index in [0.29, 0.717) is 0 Å². The summed E-state index contributed by atoms with van der Waals surface area (Å²) in [6.07, 6.45) is 8.76. The third kappa shape index (κ3) is 8.17. The van der Waals surface area contributed by atoms with Crippen molar-refractivity contribution in [2.24, 2.45) is 0 Å². The fraction of sp³-hybridized carbons (Fsp3) is 0.273. The Morgan fingerprint density at radius 2 is 1.00 bits per heavy atom. The molecular formula is C33H37OP. The summed E-state index contributed by atoms with van der Waals surface area (Å²) in [6, 6.07) is 41.6. The maximum absolute atomic E-state index is 5.82. The Morgan fingerprint density at radius 1 is 0.486 bits per heavy atom. The molecule has 4 rings (SSSR count). The fourth-order valence-electron chi connectivity index (χ4n) is 4.51. The maximum atomic E-state index is 5.82. The Balaban J connectivity index is 1.23. The molecule has 1 nitrogen and oxygen atoms in total. The molecule has 2 heteroatoms. The molecule has 0 amide bonds. The summed E-state index contributed by atoms with van der Waals surface area (Å²) in [5.74, 6) is 0. The zero-order valence-corrected chi connectivity index (χ0v) is 21.6. The van der Waals surface area contributed by atoms with Crippen molar-refractivity contribution in [2.45, 2.75) is 51.6 Å². The Labute approximate surface area is 213 Å². The number of rotatable bonds is 14. The fourth-order valence-corrected chi connectivity index (χ4v) is 7.02. The van der Waals surface area contributed by atoms with Gasteiger partial charge in [-0.25, -0.2) is 0 Å². The van der Waals surface area contributed by atoms with E-state index in [1.165, 1.54) is 59.1 Å². The van der Waals surface area contributed by atoms with Gasteiger partial charge in [-0.1, -0.05) is 141 Å². The lowest BCUT2D eigenvalue weighted by molar-refractivity contribution is 0.116. The molecule has 0 heterocycles. The molecule has 0 bridgehead atoms. The van der Waals surface area contributed by atoms with Crippen LogP contribution in [0.15, 0.2) is 115 Å². The minimum Gasteiger partial charge on any atom is -0.377 e. The topological polar surface area (TPSA) is 9.23 Å². The second-order valence-electron chi connectivity index (χ2n) is 9.04. The van der Waals surface area contributed by atoms with Crippen LogP contribution in [0, 0.1) is 0 Å². The van der Waals surface area contributed by atoms with Gasteiger partial charge in [0.1, 0.15) is 0 Å². The van der Waals surface area contributed by atoms with Gasteiger partial charge in [0.25, 0.3) is 0 Å². The van der Waals surface area contributed by atoms with E-state index in [2.05, 4.69) is 109 Å². The van der Waals surface area contributed by atoms with Crippen molar-refractivity contribution in [2.75, 3.05) is 6.61 Å². The minimum absolute atomic E-state index is 0.534. The first-order chi connectivity index (χ1) is 17.4. The Bertz CT molecular complexity index is 1060. The highest BCUT2D eigenvalue weighted by Gasteiger charge is 2.18. The zero-order chi connectivity index (χ0) is 24.0. The summed E-state index contributed by atoms with van der Waals surface area (Å²) >= 11 is 0. The molecule has 0 N–H and O–H groups in total. The lowest BCUT2D eigenvalue weighted by Gasteiger charge is -2.22. The summed E-state index contributed by atoms with van der Waals surface area (Å²) in [5, 5.41) is 4.36. The number of hydrogen-bond acceptors (Lipinski definition) is 1. The molecule has 35 heavy (non-hydrogen) atoms. The van der Waals surface area contributed by atoms with Crippen LogP contribution in [-0.2, 0) is 17.8 Å². The van der Waals surface area contributed by atoms with Gasteiger partial charge in [0, 0.05) is 6.61 Å². The quantitative estimate of drug-likeness (QED) is 0.134. The highest BCUT2D eigenvalue weighted by atomic mass is 31.1. The standard InChI is InChI=1S/C33H37OP/c1(2-4-17-27-34-28-29-18-8-5-9-19-29)3-10-20-30-21-15-16-26-33(30)35(31-22-11-6-12-23-31)32-24-13-7-14-25-32/h5-9,11-16,18-19,21-26H,1-4,10,17,20,27-28H2. The molecule has 180 valence electrons. The summed E-state index contributed by atoms with van der Waals surface area (Å²) in [6.45, 7) is 1.60. The first-order valence-corrected chi connectivity index (χ1v) is 14.4. The Morgan fingerprint density at radius 3 is 1.66 bits per heavy atom. The number of aryl methyl sites for hydroxylation is 1. The van der Waals surface area contributed by atoms with Crippen molar-refractivity contribution < 1.29 is 4.74 Å². The molecule has 0 unspecified atom stereocenters. The van der Waals surface area contributed by atoms with Crippen molar-refractivity contribution >= 4 is 23.8 Å². The molecule has 0 saturated heterocycles. The van der Waals surface area contributed by atoms with Crippen molar-refractivity contribution in [3.05, 3.63) is 126 Å². The van der Waals surface area contributed by atoms with E-state index >= 15 is 0 Å². The minimum atomic E-state index is -0.534. The number of hydrogen-bond donors (Lipinski definition) is 0. The van der Waals surface area contributed by atoms with Crippen LogP contribution in [0.5, 0.6) is 0 Å². The normalized spacial score (nSPS) is 11.1. The highest BCUT2D eigenvalue weighted by Crippen LogP contribution is 2.34. The van der Waals surface area contributed by atoms with E-state index < -0.39 is 7.92 Å². The lowest BCUT2D eigenvalue weighted by Crippen LogP contribution is -2.23. The average molecular weight is 481 g/mol. The summed E-state index contributed by atoms with van der Waals surface area (Å²) in [7, 11) is -0.534. The summed E-state index contributed by atoms with van der Waals surface area (Å²) < 4.78 is 5.82. The van der Waals surface area contributed by atoms with Gasteiger partial charge in [-0.2, -0.15) is 0 Å². The molecule has 0 aliphatic heterocycles. The first-order valence-electron chi connectivity index (χ1n) is 13.0. The van der Waals surface area contributed by atoms with E-state index in [4.69, 9.17) is 4.74 Å². The molecule has 0 aliphatic carbocycles. The molecular weight excluding hydrogens is 443 g/mol. The molecule has 0 saturated carbocycles. The number of benzene rings is 4. The van der Waals surface area contributed by atoms with Crippen LogP contribution in [0.25, 0.3) is 0 Å². The smallest absolute Gasteiger partial charge is 0.0716 e. The molecule has 4 aromatic carbocycles. The number of ether oxygens (including phenoxy) is 1. The van der Waals surface area contributed by atoms with Gasteiger partial charge in [-0.3, -0.25) is 0 Å². The van der Waals surface area contributed by atoms with Crippen molar-refractivity contribution in [1.82, 2.24) is 0 Å².